The number of aromatic nitrogens is 1. The van der Waals surface area contributed by atoms with Crippen LogP contribution in [0.2, 0.25) is 0 Å². The maximum atomic E-state index is 12.6. The molecule has 1 aliphatic rings. The SMILES string of the molecule is Cc1ccccc1CC(=O)N1CCN(C(=O)c2csc(CCN)n2)CC1.Cl. The number of aryl methyl sites for hydroxylation is 1. The van der Waals surface area contributed by atoms with Gasteiger partial charge in [-0.2, -0.15) is 0 Å². The van der Waals surface area contributed by atoms with E-state index in [9.17, 15) is 9.59 Å². The summed E-state index contributed by atoms with van der Waals surface area (Å²) in [6.07, 6.45) is 1.11. The van der Waals surface area contributed by atoms with E-state index in [-0.39, 0.29) is 24.2 Å². The lowest BCUT2D eigenvalue weighted by atomic mass is 10.1. The van der Waals surface area contributed by atoms with E-state index in [1.54, 1.807) is 10.3 Å². The fourth-order valence-corrected chi connectivity index (χ4v) is 3.84. The van der Waals surface area contributed by atoms with Crippen LogP contribution in [0.4, 0.5) is 0 Å². The van der Waals surface area contributed by atoms with E-state index in [4.69, 9.17) is 5.73 Å². The van der Waals surface area contributed by atoms with Crippen molar-refractivity contribution in [2.75, 3.05) is 32.7 Å². The first kappa shape index (κ1) is 21.3. The molecule has 2 amide bonds. The second-order valence-electron chi connectivity index (χ2n) is 6.44. The van der Waals surface area contributed by atoms with Crippen molar-refractivity contribution in [3.8, 4) is 0 Å². The van der Waals surface area contributed by atoms with Gasteiger partial charge in [-0.25, -0.2) is 4.98 Å². The predicted molar refractivity (Wildman–Crippen MR) is 109 cm³/mol. The van der Waals surface area contributed by atoms with Gasteiger partial charge in [-0.1, -0.05) is 24.3 Å². The number of nitrogens with two attached hydrogens (primary N) is 1. The lowest BCUT2D eigenvalue weighted by Gasteiger charge is -2.34. The van der Waals surface area contributed by atoms with E-state index in [1.807, 2.05) is 36.1 Å². The number of amides is 2. The van der Waals surface area contributed by atoms with Crippen LogP contribution in [-0.4, -0.2) is 59.3 Å². The molecule has 27 heavy (non-hydrogen) atoms. The molecule has 0 radical (unpaired) electrons. The first-order valence-corrected chi connectivity index (χ1v) is 9.72. The summed E-state index contributed by atoms with van der Waals surface area (Å²) >= 11 is 1.47. The molecule has 0 bridgehead atoms. The molecule has 1 aromatic carbocycles. The van der Waals surface area contributed by atoms with Gasteiger partial charge in [0.05, 0.1) is 11.4 Å². The summed E-state index contributed by atoms with van der Waals surface area (Å²) < 4.78 is 0. The van der Waals surface area contributed by atoms with Gasteiger partial charge in [0.15, 0.2) is 0 Å². The van der Waals surface area contributed by atoms with Gasteiger partial charge < -0.3 is 15.5 Å². The van der Waals surface area contributed by atoms with Crippen LogP contribution in [0, 0.1) is 6.92 Å². The van der Waals surface area contributed by atoms with Gasteiger partial charge in [-0.05, 0) is 24.6 Å². The molecule has 0 atom stereocenters. The van der Waals surface area contributed by atoms with E-state index >= 15 is 0 Å². The van der Waals surface area contributed by atoms with Crippen molar-refractivity contribution in [2.24, 2.45) is 5.73 Å². The highest BCUT2D eigenvalue weighted by Gasteiger charge is 2.26. The number of hydrogen-bond acceptors (Lipinski definition) is 5. The van der Waals surface area contributed by atoms with Gasteiger partial charge in [0, 0.05) is 38.0 Å². The molecule has 2 N–H and O–H groups in total. The Morgan fingerprint density at radius 3 is 2.48 bits per heavy atom. The molecule has 1 saturated heterocycles. The predicted octanol–water partition coefficient (Wildman–Crippen LogP) is 1.90. The Morgan fingerprint density at radius 1 is 1.15 bits per heavy atom. The summed E-state index contributed by atoms with van der Waals surface area (Å²) in [5.41, 5.74) is 8.21. The maximum absolute atomic E-state index is 12.6. The third-order valence-corrected chi connectivity index (χ3v) is 5.56. The number of halogens is 1. The normalized spacial score (nSPS) is 14.0. The molecular formula is C19H25ClN4O2S. The van der Waals surface area contributed by atoms with Crippen molar-refractivity contribution < 1.29 is 9.59 Å². The maximum Gasteiger partial charge on any atom is 0.273 e. The molecule has 2 heterocycles. The molecule has 0 saturated carbocycles. The molecule has 146 valence electrons. The van der Waals surface area contributed by atoms with Crippen LogP contribution in [0.15, 0.2) is 29.6 Å². The lowest BCUT2D eigenvalue weighted by molar-refractivity contribution is -0.131. The molecule has 0 unspecified atom stereocenters. The second kappa shape index (κ2) is 9.82. The molecule has 2 aromatic rings. The standard InChI is InChI=1S/C19H24N4O2S.ClH/c1-14-4-2-3-5-15(14)12-18(24)22-8-10-23(11-9-22)19(25)16-13-26-17(21-16)6-7-20;/h2-5,13H,6-12,20H2,1H3;1H. The minimum absolute atomic E-state index is 0. The Labute approximate surface area is 169 Å². The first-order valence-electron chi connectivity index (χ1n) is 8.84. The van der Waals surface area contributed by atoms with Crippen molar-refractivity contribution in [1.82, 2.24) is 14.8 Å². The van der Waals surface area contributed by atoms with E-state index in [0.29, 0.717) is 51.3 Å². The summed E-state index contributed by atoms with van der Waals surface area (Å²) in [6.45, 7) is 4.77. The molecular weight excluding hydrogens is 384 g/mol. The quantitative estimate of drug-likeness (QED) is 0.819. The van der Waals surface area contributed by atoms with Crippen LogP contribution in [0.3, 0.4) is 0 Å². The topological polar surface area (TPSA) is 79.5 Å². The zero-order valence-corrected chi connectivity index (χ0v) is 17.0. The summed E-state index contributed by atoms with van der Waals surface area (Å²) in [4.78, 5) is 33.1. The number of benzene rings is 1. The van der Waals surface area contributed by atoms with Crippen molar-refractivity contribution >= 4 is 35.6 Å². The number of hydrogen-bond donors (Lipinski definition) is 1. The minimum atomic E-state index is -0.0597. The molecule has 0 spiro atoms. The lowest BCUT2D eigenvalue weighted by Crippen LogP contribution is -2.51. The Morgan fingerprint density at radius 2 is 1.81 bits per heavy atom. The van der Waals surface area contributed by atoms with E-state index in [2.05, 4.69) is 4.98 Å². The van der Waals surface area contributed by atoms with Crippen LogP contribution >= 0.6 is 23.7 Å². The molecule has 1 fully saturated rings. The molecule has 8 heteroatoms. The van der Waals surface area contributed by atoms with Gasteiger partial charge in [-0.15, -0.1) is 23.7 Å². The minimum Gasteiger partial charge on any atom is -0.339 e. The highest BCUT2D eigenvalue weighted by molar-refractivity contribution is 7.09. The molecule has 1 aliphatic heterocycles. The number of nitrogens with zero attached hydrogens (tertiary/aromatic N) is 3. The highest BCUT2D eigenvalue weighted by Crippen LogP contribution is 2.15. The molecule has 3 rings (SSSR count). The van der Waals surface area contributed by atoms with Gasteiger partial charge >= 0.3 is 0 Å². The highest BCUT2D eigenvalue weighted by atomic mass is 35.5. The third-order valence-electron chi connectivity index (χ3n) is 4.65. The number of rotatable bonds is 5. The van der Waals surface area contributed by atoms with Crippen LogP contribution in [0.5, 0.6) is 0 Å². The van der Waals surface area contributed by atoms with Crippen molar-refractivity contribution in [3.05, 3.63) is 51.5 Å². The van der Waals surface area contributed by atoms with Crippen LogP contribution in [0.1, 0.15) is 26.6 Å². The Kier molecular flexibility index (Phi) is 7.77. The number of carbonyl (C=O) groups is 2. The number of carbonyl (C=O) groups excluding carboxylic acids is 2. The molecule has 6 nitrogen and oxygen atoms in total. The van der Waals surface area contributed by atoms with Gasteiger partial charge in [0.1, 0.15) is 5.69 Å². The van der Waals surface area contributed by atoms with E-state index in [1.165, 1.54) is 11.3 Å². The van der Waals surface area contributed by atoms with Crippen LogP contribution in [-0.2, 0) is 17.6 Å². The third kappa shape index (κ3) is 5.28. The number of piperazine rings is 1. The molecule has 0 aliphatic carbocycles. The monoisotopic (exact) mass is 408 g/mol. The van der Waals surface area contributed by atoms with E-state index < -0.39 is 0 Å². The van der Waals surface area contributed by atoms with Gasteiger partial charge in [0.2, 0.25) is 5.91 Å². The zero-order chi connectivity index (χ0) is 18.5. The average Bonchev–Trinajstić information content (AvgIpc) is 3.12. The van der Waals surface area contributed by atoms with Gasteiger partial charge in [0.25, 0.3) is 5.91 Å². The Balaban J connectivity index is 0.00000261. The Bertz CT molecular complexity index is 788. The average molecular weight is 409 g/mol. The summed E-state index contributed by atoms with van der Waals surface area (Å²) in [6, 6.07) is 7.95. The summed E-state index contributed by atoms with van der Waals surface area (Å²) in [7, 11) is 0. The van der Waals surface area contributed by atoms with Crippen LogP contribution < -0.4 is 5.73 Å². The fourth-order valence-electron chi connectivity index (χ4n) is 3.05. The Hall–Kier alpha value is -1.96. The summed E-state index contributed by atoms with van der Waals surface area (Å²) in [5.74, 6) is 0.0563. The van der Waals surface area contributed by atoms with Crippen molar-refractivity contribution in [2.45, 2.75) is 19.8 Å². The smallest absolute Gasteiger partial charge is 0.273 e. The molecule has 1 aromatic heterocycles. The number of thiazole rings is 1. The first-order chi connectivity index (χ1) is 12.6. The fraction of sp³-hybridized carbons (Fsp3) is 0.421. The van der Waals surface area contributed by atoms with Crippen molar-refractivity contribution in [1.29, 1.82) is 0 Å². The van der Waals surface area contributed by atoms with Crippen molar-refractivity contribution in [3.63, 3.8) is 0 Å². The van der Waals surface area contributed by atoms with Gasteiger partial charge in [-0.3, -0.25) is 9.59 Å². The van der Waals surface area contributed by atoms with E-state index in [0.717, 1.165) is 16.1 Å². The zero-order valence-electron chi connectivity index (χ0n) is 15.4. The second-order valence-corrected chi connectivity index (χ2v) is 7.38. The summed E-state index contributed by atoms with van der Waals surface area (Å²) in [5, 5.41) is 2.69. The largest absolute Gasteiger partial charge is 0.339 e. The van der Waals surface area contributed by atoms with Crippen LogP contribution in [0.25, 0.3) is 0 Å².